The number of benzene rings is 3. The van der Waals surface area contributed by atoms with Gasteiger partial charge in [-0.15, -0.1) is 0 Å². The Morgan fingerprint density at radius 1 is 0.828 bits per heavy atom. The van der Waals surface area contributed by atoms with E-state index in [0.29, 0.717) is 0 Å². The predicted molar refractivity (Wildman–Crippen MR) is 123 cm³/mol. The summed E-state index contributed by atoms with van der Waals surface area (Å²) in [5.74, 6) is 0. The topological polar surface area (TPSA) is 7.12 Å². The van der Waals surface area contributed by atoms with E-state index in [2.05, 4.69) is 117 Å². The molecule has 0 fully saturated rings. The normalized spacial score (nSPS) is 11.0. The maximum absolute atomic E-state index is 4.40. The van der Waals surface area contributed by atoms with Crippen LogP contribution in [0.15, 0.2) is 72.8 Å². The molecule has 0 amide bonds. The van der Waals surface area contributed by atoms with Crippen LogP contribution in [0.25, 0.3) is 22.0 Å². The van der Waals surface area contributed by atoms with E-state index in [-0.39, 0.29) is 0 Å². The van der Waals surface area contributed by atoms with Gasteiger partial charge >= 0.3 is 0 Å². The Labute approximate surface area is 174 Å². The number of hydrogen-bond acceptors (Lipinski definition) is 1. The lowest BCUT2D eigenvalue weighted by atomic mass is 10.0. The number of nitrogens with zero attached hydrogens (tertiary/aromatic N) is 2. The Kier molecular flexibility index (Phi) is 5.02. The highest BCUT2D eigenvalue weighted by atomic mass is 15.1. The number of aromatic nitrogens is 1. The molecule has 146 valence electrons. The predicted octanol–water partition coefficient (Wildman–Crippen LogP) is 6.00. The summed E-state index contributed by atoms with van der Waals surface area (Å²) in [5.41, 5.74) is 8.75. The third kappa shape index (κ3) is 3.58. The fourth-order valence-electron chi connectivity index (χ4n) is 4.50. The Morgan fingerprint density at radius 2 is 1.48 bits per heavy atom. The van der Waals surface area contributed by atoms with Crippen LogP contribution in [-0.2, 0) is 6.54 Å². The number of aryl methyl sites for hydroxylation is 3. The molecule has 2 heteroatoms. The van der Waals surface area contributed by atoms with Crippen molar-refractivity contribution in [1.29, 1.82) is 0 Å². The Bertz CT molecular complexity index is 1160. The first kappa shape index (κ1) is 19.1. The zero-order valence-electron chi connectivity index (χ0n) is 17.7. The molecule has 0 saturated carbocycles. The third-order valence-corrected chi connectivity index (χ3v) is 5.66. The maximum Gasteiger partial charge on any atom is 0.112 e. The molecule has 0 aliphatic heterocycles. The lowest BCUT2D eigenvalue weighted by Crippen LogP contribution is -2.37. The van der Waals surface area contributed by atoms with Crippen molar-refractivity contribution in [3.63, 3.8) is 0 Å². The van der Waals surface area contributed by atoms with E-state index in [4.69, 9.17) is 0 Å². The molecular weight excluding hydrogens is 352 g/mol. The molecule has 29 heavy (non-hydrogen) atoms. The van der Waals surface area contributed by atoms with Crippen LogP contribution in [0, 0.1) is 27.8 Å². The highest BCUT2D eigenvalue weighted by Gasteiger charge is 2.14. The highest BCUT2D eigenvalue weighted by molar-refractivity contribution is 5.95. The second-order valence-electron chi connectivity index (χ2n) is 7.96. The number of pyridine rings is 1. The first-order valence-corrected chi connectivity index (χ1v) is 10.1. The average Bonchev–Trinajstić information content (AvgIpc) is 2.68. The molecule has 1 heterocycles. The Hall–Kier alpha value is -3.26. The average molecular weight is 381 g/mol. The number of fused-ring (bicyclic) bond motifs is 1. The minimum Gasteiger partial charge on any atom is -0.375 e. The smallest absolute Gasteiger partial charge is 0.112 e. The summed E-state index contributed by atoms with van der Waals surface area (Å²) >= 11 is 0. The monoisotopic (exact) mass is 380 g/mol. The lowest BCUT2D eigenvalue weighted by molar-refractivity contribution is -0.609. The fraction of sp³-hybridized carbons (Fsp3) is 0.185. The molecule has 0 aliphatic rings. The van der Waals surface area contributed by atoms with Crippen molar-refractivity contribution < 1.29 is 4.57 Å². The van der Waals surface area contributed by atoms with Gasteiger partial charge < -0.3 is 9.47 Å². The standard InChI is InChI=1S/C27H28N2/c1-19-16-20(2)27(21(3)17-19)28(4)18-23-12-9-15-26(29(23)5)25-14-8-11-22-10-6-7-13-24(22)25/h6-17H,5,18H2,1-4H3. The van der Waals surface area contributed by atoms with Crippen LogP contribution in [0.1, 0.15) is 22.4 Å². The number of anilines is 1. The van der Waals surface area contributed by atoms with Gasteiger partial charge in [-0.25, -0.2) is 0 Å². The summed E-state index contributed by atoms with van der Waals surface area (Å²) in [5, 5.41) is 2.50. The third-order valence-electron chi connectivity index (χ3n) is 5.66. The Morgan fingerprint density at radius 3 is 2.24 bits per heavy atom. The van der Waals surface area contributed by atoms with Crippen molar-refractivity contribution in [2.24, 2.45) is 0 Å². The number of hydrogen-bond donors (Lipinski definition) is 0. The zero-order valence-corrected chi connectivity index (χ0v) is 17.7. The van der Waals surface area contributed by atoms with E-state index in [1.807, 2.05) is 0 Å². The van der Waals surface area contributed by atoms with Crippen molar-refractivity contribution in [2.75, 3.05) is 11.9 Å². The molecule has 2 nitrogen and oxygen atoms in total. The summed E-state index contributed by atoms with van der Waals surface area (Å²) in [6, 6.07) is 25.9. The maximum atomic E-state index is 4.40. The molecule has 0 radical (unpaired) electrons. The van der Waals surface area contributed by atoms with E-state index in [1.165, 1.54) is 44.4 Å². The van der Waals surface area contributed by atoms with Crippen LogP contribution in [0.5, 0.6) is 0 Å². The van der Waals surface area contributed by atoms with Crippen molar-refractivity contribution in [3.8, 4) is 11.3 Å². The van der Waals surface area contributed by atoms with E-state index in [1.54, 1.807) is 0 Å². The minimum absolute atomic E-state index is 0.798. The van der Waals surface area contributed by atoms with Gasteiger partial charge in [-0.2, -0.15) is 0 Å². The van der Waals surface area contributed by atoms with Crippen LogP contribution < -0.4 is 9.47 Å². The van der Waals surface area contributed by atoms with Crippen molar-refractivity contribution in [2.45, 2.75) is 27.3 Å². The number of rotatable bonds is 4. The van der Waals surface area contributed by atoms with Gasteiger partial charge in [-0.3, -0.25) is 0 Å². The molecule has 0 bridgehead atoms. The van der Waals surface area contributed by atoms with Gasteiger partial charge in [0.15, 0.2) is 0 Å². The van der Waals surface area contributed by atoms with E-state index < -0.39 is 0 Å². The molecule has 1 aromatic heterocycles. The lowest BCUT2D eigenvalue weighted by Gasteiger charge is -2.26. The van der Waals surface area contributed by atoms with E-state index in [9.17, 15) is 0 Å². The summed E-state index contributed by atoms with van der Waals surface area (Å²) in [6.07, 6.45) is 0. The van der Waals surface area contributed by atoms with Gasteiger partial charge in [0.05, 0.1) is 6.54 Å². The molecule has 4 aromatic rings. The minimum atomic E-state index is 0.798. The van der Waals surface area contributed by atoms with Gasteiger partial charge in [0.1, 0.15) is 11.4 Å². The van der Waals surface area contributed by atoms with Crippen molar-refractivity contribution >= 4 is 16.5 Å². The molecule has 0 spiro atoms. The van der Waals surface area contributed by atoms with Gasteiger partial charge in [0.25, 0.3) is 0 Å². The van der Waals surface area contributed by atoms with Crippen LogP contribution in [-0.4, -0.2) is 7.05 Å². The molecule has 0 atom stereocenters. The van der Waals surface area contributed by atoms with E-state index >= 15 is 0 Å². The fourth-order valence-corrected chi connectivity index (χ4v) is 4.50. The SMILES string of the molecule is [CH2-][n+]1c(CN(C)c2c(C)cc(C)cc2C)cccc1-c1cccc2ccccc12. The molecule has 0 unspecified atom stereocenters. The summed E-state index contributed by atoms with van der Waals surface area (Å²) in [6.45, 7) is 7.33. The van der Waals surface area contributed by atoms with Crippen LogP contribution >= 0.6 is 0 Å². The van der Waals surface area contributed by atoms with Gasteiger partial charge in [-0.05, 0) is 54.3 Å². The van der Waals surface area contributed by atoms with Crippen molar-refractivity contribution in [1.82, 2.24) is 0 Å². The summed E-state index contributed by atoms with van der Waals surface area (Å²) in [7, 11) is 6.56. The summed E-state index contributed by atoms with van der Waals surface area (Å²) < 4.78 is 2.08. The molecule has 3 aromatic carbocycles. The zero-order chi connectivity index (χ0) is 20.5. The van der Waals surface area contributed by atoms with Gasteiger partial charge in [0, 0.05) is 19.8 Å². The molecule has 0 saturated heterocycles. The quantitative estimate of drug-likeness (QED) is 0.311. The molecule has 4 rings (SSSR count). The first-order valence-electron chi connectivity index (χ1n) is 10.1. The van der Waals surface area contributed by atoms with Crippen LogP contribution in [0.4, 0.5) is 5.69 Å². The van der Waals surface area contributed by atoms with Crippen LogP contribution in [0.2, 0.25) is 0 Å². The molecular formula is C27H28N2. The first-order chi connectivity index (χ1) is 14.0. The molecule has 0 N–H and O–H groups in total. The Balaban J connectivity index is 1.74. The molecule has 0 aliphatic carbocycles. The summed E-state index contributed by atoms with van der Waals surface area (Å²) in [4.78, 5) is 2.33. The van der Waals surface area contributed by atoms with Crippen LogP contribution in [0.3, 0.4) is 0 Å². The van der Waals surface area contributed by atoms with Gasteiger partial charge in [-0.1, -0.05) is 72.3 Å². The largest absolute Gasteiger partial charge is 0.375 e. The second-order valence-corrected chi connectivity index (χ2v) is 7.96. The van der Waals surface area contributed by atoms with Crippen molar-refractivity contribution in [3.05, 3.63) is 102 Å². The second kappa shape index (κ2) is 7.63. The van der Waals surface area contributed by atoms with E-state index in [0.717, 1.165) is 12.2 Å². The highest BCUT2D eigenvalue weighted by Crippen LogP contribution is 2.28. The van der Waals surface area contributed by atoms with Gasteiger partial charge in [0.2, 0.25) is 0 Å².